The van der Waals surface area contributed by atoms with E-state index >= 15 is 0 Å². The van der Waals surface area contributed by atoms with Crippen LogP contribution >= 0.6 is 0 Å². The Kier molecular flexibility index (Phi) is 4.94. The van der Waals surface area contributed by atoms with Gasteiger partial charge < -0.3 is 14.9 Å². The third-order valence-electron chi connectivity index (χ3n) is 7.28. The number of amides is 1. The van der Waals surface area contributed by atoms with Gasteiger partial charge in [-0.1, -0.05) is 12.1 Å². The number of aryl methyl sites for hydroxylation is 1. The molecule has 3 aliphatic rings. The Hall–Kier alpha value is -2.97. The maximum absolute atomic E-state index is 14.0. The van der Waals surface area contributed by atoms with E-state index in [1.54, 1.807) is 0 Å². The summed E-state index contributed by atoms with van der Waals surface area (Å²) in [7, 11) is 0. The van der Waals surface area contributed by atoms with E-state index in [1.165, 1.54) is 9.58 Å². The number of hydrogen-bond donors (Lipinski definition) is 1. The monoisotopic (exact) mass is 444 g/mol. The number of carboxylic acids is 1. The number of benzene rings is 1. The zero-order chi connectivity index (χ0) is 22.7. The summed E-state index contributed by atoms with van der Waals surface area (Å²) in [5, 5.41) is 13.7. The molecule has 1 unspecified atom stereocenters. The maximum atomic E-state index is 14.0. The van der Waals surface area contributed by atoms with Crippen LogP contribution < -0.4 is 4.90 Å². The predicted octanol–water partition coefficient (Wildman–Crippen LogP) is 2.84. The molecule has 2 aliphatic carbocycles. The van der Waals surface area contributed by atoms with E-state index in [4.69, 9.17) is 0 Å². The number of aromatic nitrogens is 2. The number of hydrogen-bond acceptors (Lipinski definition) is 4. The summed E-state index contributed by atoms with van der Waals surface area (Å²) in [6.07, 6.45) is -1.02. The molecule has 0 bridgehead atoms. The van der Waals surface area contributed by atoms with E-state index in [-0.39, 0.29) is 31.2 Å². The van der Waals surface area contributed by atoms with Crippen molar-refractivity contribution in [1.82, 2.24) is 14.7 Å². The number of alkyl halides is 2. The van der Waals surface area contributed by atoms with Gasteiger partial charge in [-0.15, -0.1) is 0 Å². The third-order valence-corrected chi connectivity index (χ3v) is 7.28. The smallest absolute Gasteiger partial charge is 0.356 e. The van der Waals surface area contributed by atoms with Gasteiger partial charge in [-0.25, -0.2) is 13.6 Å². The van der Waals surface area contributed by atoms with Crippen LogP contribution in [-0.4, -0.2) is 63.8 Å². The molecular formula is C23H26F2N4O3. The summed E-state index contributed by atoms with van der Waals surface area (Å²) >= 11 is 0. The molecular weight excluding hydrogens is 418 g/mol. The molecule has 1 saturated heterocycles. The highest BCUT2D eigenvalue weighted by molar-refractivity contribution is 5.88. The second kappa shape index (κ2) is 7.56. The Morgan fingerprint density at radius 3 is 2.75 bits per heavy atom. The molecule has 1 amide bonds. The van der Waals surface area contributed by atoms with E-state index in [1.807, 2.05) is 36.9 Å². The zero-order valence-electron chi connectivity index (χ0n) is 18.1. The van der Waals surface area contributed by atoms with E-state index in [0.29, 0.717) is 18.9 Å². The van der Waals surface area contributed by atoms with Crippen LogP contribution in [0.15, 0.2) is 18.2 Å². The van der Waals surface area contributed by atoms with E-state index in [0.717, 1.165) is 34.5 Å². The second-order valence-electron chi connectivity index (χ2n) is 9.13. The van der Waals surface area contributed by atoms with Gasteiger partial charge in [0.1, 0.15) is 12.6 Å². The summed E-state index contributed by atoms with van der Waals surface area (Å²) < 4.78 is 29.4. The van der Waals surface area contributed by atoms with Crippen LogP contribution in [0.5, 0.6) is 0 Å². The van der Waals surface area contributed by atoms with Gasteiger partial charge in [0.15, 0.2) is 5.69 Å². The Bertz CT molecular complexity index is 1100. The summed E-state index contributed by atoms with van der Waals surface area (Å²) in [4.78, 5) is 27.9. The van der Waals surface area contributed by atoms with Gasteiger partial charge in [-0.3, -0.25) is 9.48 Å². The molecule has 1 aliphatic heterocycles. The van der Waals surface area contributed by atoms with E-state index < -0.39 is 24.3 Å². The third kappa shape index (κ3) is 3.34. The number of nitrogens with zero attached hydrogens (tertiary/aromatic N) is 4. The minimum Gasteiger partial charge on any atom is -0.476 e. The molecule has 9 heteroatoms. The van der Waals surface area contributed by atoms with Gasteiger partial charge in [0.25, 0.3) is 6.43 Å². The lowest BCUT2D eigenvalue weighted by molar-refractivity contribution is -0.138. The quantitative estimate of drug-likeness (QED) is 0.767. The lowest BCUT2D eigenvalue weighted by Crippen LogP contribution is -2.58. The molecule has 0 spiro atoms. The molecule has 3 atom stereocenters. The summed E-state index contributed by atoms with van der Waals surface area (Å²) in [6.45, 7) is 4.45. The number of carbonyl (C=O) groups excluding carboxylic acids is 1. The minimum atomic E-state index is -2.68. The standard InChI is InChI=1S/C23H26F2N4O3/c1-12-4-3-5-16(13(12)2)27-6-7-28(18(10-27)22(24)25)19(30)11-29-17-9-14-8-15(14)20(17)21(26-29)23(31)32/h3-5,14-15,18,22H,6-11H2,1-2H3,(H,31,32)/t14-,15-,18?/m1/s1. The van der Waals surface area contributed by atoms with Crippen molar-refractivity contribution in [2.75, 3.05) is 24.5 Å². The van der Waals surface area contributed by atoms with E-state index in [9.17, 15) is 23.5 Å². The van der Waals surface area contributed by atoms with Gasteiger partial charge >= 0.3 is 5.97 Å². The molecule has 1 aromatic heterocycles. The molecule has 1 N–H and O–H groups in total. The zero-order valence-corrected chi connectivity index (χ0v) is 18.1. The van der Waals surface area contributed by atoms with Crippen molar-refractivity contribution in [3.05, 3.63) is 46.3 Å². The molecule has 1 aromatic carbocycles. The number of carbonyl (C=O) groups is 2. The normalized spacial score (nSPS) is 24.0. The number of fused-ring (bicyclic) bond motifs is 3. The van der Waals surface area contributed by atoms with Gasteiger partial charge in [0.2, 0.25) is 5.91 Å². The summed E-state index contributed by atoms with van der Waals surface area (Å²) in [5.41, 5.74) is 4.57. The largest absolute Gasteiger partial charge is 0.476 e. The number of carboxylic acid groups (broad SMARTS) is 1. The highest BCUT2D eigenvalue weighted by Crippen LogP contribution is 2.57. The topological polar surface area (TPSA) is 78.7 Å². The van der Waals surface area contributed by atoms with E-state index in [2.05, 4.69) is 5.10 Å². The Morgan fingerprint density at radius 2 is 2.03 bits per heavy atom. The molecule has 1 saturated carbocycles. The Morgan fingerprint density at radius 1 is 1.25 bits per heavy atom. The average Bonchev–Trinajstić information content (AvgIpc) is 3.28. The lowest BCUT2D eigenvalue weighted by atomic mass is 10.0. The molecule has 5 rings (SSSR count). The number of aromatic carboxylic acids is 1. The first kappa shape index (κ1) is 20.9. The molecule has 0 radical (unpaired) electrons. The van der Waals surface area contributed by atoms with Crippen LogP contribution in [0.25, 0.3) is 0 Å². The van der Waals surface area contributed by atoms with Crippen molar-refractivity contribution < 1.29 is 23.5 Å². The molecule has 170 valence electrons. The van der Waals surface area contributed by atoms with Crippen LogP contribution in [0, 0.1) is 19.8 Å². The van der Waals surface area contributed by atoms with Crippen molar-refractivity contribution in [2.45, 2.75) is 51.6 Å². The predicted molar refractivity (Wildman–Crippen MR) is 113 cm³/mol. The average molecular weight is 444 g/mol. The first-order valence-corrected chi connectivity index (χ1v) is 11.0. The van der Waals surface area contributed by atoms with Crippen LogP contribution in [0.2, 0.25) is 0 Å². The molecule has 2 aromatic rings. The minimum absolute atomic E-state index is 0.00273. The number of anilines is 1. The first-order chi connectivity index (χ1) is 15.3. The fourth-order valence-electron chi connectivity index (χ4n) is 5.33. The fraction of sp³-hybridized carbons (Fsp3) is 0.522. The SMILES string of the molecule is Cc1cccc(N2CCN(C(=O)Cn3nc(C(=O)O)c4c3C[C@H]3C[C@@H]43)C(C(F)F)C2)c1C. The Labute approximate surface area is 184 Å². The van der Waals surface area contributed by atoms with Crippen molar-refractivity contribution in [3.8, 4) is 0 Å². The van der Waals surface area contributed by atoms with Crippen LogP contribution in [-0.2, 0) is 17.8 Å². The highest BCUT2D eigenvalue weighted by atomic mass is 19.3. The van der Waals surface area contributed by atoms with Crippen LogP contribution in [0.3, 0.4) is 0 Å². The molecule has 2 heterocycles. The molecule has 32 heavy (non-hydrogen) atoms. The maximum Gasteiger partial charge on any atom is 0.356 e. The van der Waals surface area contributed by atoms with Crippen LogP contribution in [0.1, 0.15) is 45.2 Å². The van der Waals surface area contributed by atoms with Crippen molar-refractivity contribution in [3.63, 3.8) is 0 Å². The van der Waals surface area contributed by atoms with Gasteiger partial charge in [-0.05, 0) is 55.7 Å². The van der Waals surface area contributed by atoms with Gasteiger partial charge in [-0.2, -0.15) is 5.10 Å². The summed E-state index contributed by atoms with van der Waals surface area (Å²) in [6, 6.07) is 4.59. The van der Waals surface area contributed by atoms with Gasteiger partial charge in [0, 0.05) is 36.6 Å². The lowest BCUT2D eigenvalue weighted by Gasteiger charge is -2.42. The molecule has 2 fully saturated rings. The first-order valence-electron chi connectivity index (χ1n) is 11.0. The van der Waals surface area contributed by atoms with Crippen molar-refractivity contribution in [1.29, 1.82) is 0 Å². The Balaban J connectivity index is 1.36. The second-order valence-corrected chi connectivity index (χ2v) is 9.13. The fourth-order valence-corrected chi connectivity index (χ4v) is 5.33. The number of rotatable bonds is 5. The number of piperazine rings is 1. The molecule has 7 nitrogen and oxygen atoms in total. The van der Waals surface area contributed by atoms with Crippen molar-refractivity contribution in [2.24, 2.45) is 5.92 Å². The van der Waals surface area contributed by atoms with Crippen molar-refractivity contribution >= 4 is 17.6 Å². The van der Waals surface area contributed by atoms with Crippen LogP contribution in [0.4, 0.5) is 14.5 Å². The van der Waals surface area contributed by atoms with Gasteiger partial charge in [0.05, 0.1) is 0 Å². The highest BCUT2D eigenvalue weighted by Gasteiger charge is 2.50. The summed E-state index contributed by atoms with van der Waals surface area (Å²) in [5.74, 6) is -0.904. The number of halogens is 2.